The van der Waals surface area contributed by atoms with Crippen molar-refractivity contribution in [2.75, 3.05) is 5.73 Å². The Hall–Kier alpha value is -1.57. The molecule has 6 nitrogen and oxygen atoms in total. The van der Waals surface area contributed by atoms with Crippen LogP contribution < -0.4 is 10.5 Å². The van der Waals surface area contributed by atoms with Gasteiger partial charge in [-0.15, -0.1) is 12.4 Å². The van der Waals surface area contributed by atoms with Gasteiger partial charge >= 0.3 is 0 Å². The number of benzene rings is 1. The molecule has 1 aromatic carbocycles. The summed E-state index contributed by atoms with van der Waals surface area (Å²) in [6.45, 7) is 1.75. The van der Waals surface area contributed by atoms with Gasteiger partial charge in [0.05, 0.1) is 11.9 Å². The zero-order valence-corrected chi connectivity index (χ0v) is 14.7. The second-order valence-corrected chi connectivity index (χ2v) is 7.42. The van der Waals surface area contributed by atoms with Gasteiger partial charge in [0.15, 0.2) is 0 Å². The molecule has 0 saturated carbocycles. The van der Waals surface area contributed by atoms with Gasteiger partial charge in [-0.25, -0.2) is 13.1 Å². The second-order valence-electron chi connectivity index (χ2n) is 5.74. The van der Waals surface area contributed by atoms with Crippen LogP contribution in [0.2, 0.25) is 0 Å². The number of hydrogen-bond donors (Lipinski definition) is 2. The summed E-state index contributed by atoms with van der Waals surface area (Å²) in [7, 11) is -1.86. The van der Waals surface area contributed by atoms with Gasteiger partial charge in [0.25, 0.3) is 0 Å². The van der Waals surface area contributed by atoms with Gasteiger partial charge in [0.1, 0.15) is 4.90 Å². The highest BCUT2D eigenvalue weighted by Crippen LogP contribution is 2.32. The van der Waals surface area contributed by atoms with E-state index in [0.29, 0.717) is 11.4 Å². The third-order valence-electron chi connectivity index (χ3n) is 4.26. The van der Waals surface area contributed by atoms with Gasteiger partial charge < -0.3 is 5.73 Å². The largest absolute Gasteiger partial charge is 0.399 e. The highest BCUT2D eigenvalue weighted by Gasteiger charge is 2.27. The third-order valence-corrected chi connectivity index (χ3v) is 5.83. The van der Waals surface area contributed by atoms with E-state index in [1.807, 2.05) is 18.2 Å². The molecule has 8 heteroatoms. The van der Waals surface area contributed by atoms with E-state index >= 15 is 0 Å². The minimum atomic E-state index is -3.59. The SMILES string of the molecule is Cc1c(S(=O)(=O)NC2CCCc3cc(N)ccc32)cnn1C.Cl. The Bertz CT molecular complexity index is 817. The number of aromatic nitrogens is 2. The van der Waals surface area contributed by atoms with Crippen molar-refractivity contribution in [2.24, 2.45) is 7.05 Å². The zero-order valence-electron chi connectivity index (χ0n) is 13.1. The Labute approximate surface area is 142 Å². The topological polar surface area (TPSA) is 90.0 Å². The molecule has 0 radical (unpaired) electrons. The standard InChI is InChI=1S/C15H20N4O2S.ClH/c1-10-15(9-17-19(10)2)22(20,21)18-14-5-3-4-11-8-12(16)6-7-13(11)14;/h6-9,14,18H,3-5,16H2,1-2H3;1H. The molecule has 0 spiro atoms. The lowest BCUT2D eigenvalue weighted by Crippen LogP contribution is -2.31. The molecule has 0 aliphatic heterocycles. The molecule has 1 unspecified atom stereocenters. The number of hydrogen-bond acceptors (Lipinski definition) is 4. The van der Waals surface area contributed by atoms with Gasteiger partial charge in [-0.1, -0.05) is 6.07 Å². The van der Waals surface area contributed by atoms with E-state index in [-0.39, 0.29) is 23.3 Å². The Kier molecular flexibility index (Phi) is 5.03. The molecule has 1 aromatic heterocycles. The summed E-state index contributed by atoms with van der Waals surface area (Å²) < 4.78 is 29.6. The molecule has 1 aliphatic carbocycles. The van der Waals surface area contributed by atoms with Gasteiger partial charge in [-0.3, -0.25) is 4.68 Å². The fraction of sp³-hybridized carbons (Fsp3) is 0.400. The van der Waals surface area contributed by atoms with Crippen molar-refractivity contribution < 1.29 is 8.42 Å². The molecule has 0 saturated heterocycles. The van der Waals surface area contributed by atoms with Crippen molar-refractivity contribution in [3.05, 3.63) is 41.2 Å². The van der Waals surface area contributed by atoms with Gasteiger partial charge in [0.2, 0.25) is 10.0 Å². The fourth-order valence-corrected chi connectivity index (χ4v) is 4.40. The average Bonchev–Trinajstić information content (AvgIpc) is 2.79. The third kappa shape index (κ3) is 3.36. The molecule has 0 fully saturated rings. The maximum absolute atomic E-state index is 12.6. The average molecular weight is 357 g/mol. The molecule has 1 atom stereocenters. The number of nitrogen functional groups attached to an aromatic ring is 1. The van der Waals surface area contributed by atoms with Crippen molar-refractivity contribution in [3.8, 4) is 0 Å². The van der Waals surface area contributed by atoms with E-state index in [9.17, 15) is 8.42 Å². The molecule has 126 valence electrons. The number of fused-ring (bicyclic) bond motifs is 1. The second kappa shape index (κ2) is 6.51. The first-order chi connectivity index (χ1) is 10.4. The Morgan fingerprint density at radius 2 is 2.13 bits per heavy atom. The summed E-state index contributed by atoms with van der Waals surface area (Å²) >= 11 is 0. The van der Waals surface area contributed by atoms with Crippen LogP contribution in [-0.2, 0) is 23.5 Å². The van der Waals surface area contributed by atoms with Crippen LogP contribution in [0.4, 0.5) is 5.69 Å². The summed E-state index contributed by atoms with van der Waals surface area (Å²) in [5, 5.41) is 4.01. The highest BCUT2D eigenvalue weighted by molar-refractivity contribution is 7.89. The zero-order chi connectivity index (χ0) is 15.9. The van der Waals surface area contributed by atoms with Gasteiger partial charge in [-0.05, 0) is 49.4 Å². The van der Waals surface area contributed by atoms with Crippen LogP contribution in [-0.4, -0.2) is 18.2 Å². The molecule has 23 heavy (non-hydrogen) atoms. The van der Waals surface area contributed by atoms with Crippen molar-refractivity contribution in [3.63, 3.8) is 0 Å². The van der Waals surface area contributed by atoms with Crippen LogP contribution in [0.25, 0.3) is 0 Å². The number of nitrogens with zero attached hydrogens (tertiary/aromatic N) is 2. The predicted octanol–water partition coefficient (Wildman–Crippen LogP) is 2.09. The van der Waals surface area contributed by atoms with Crippen molar-refractivity contribution >= 4 is 28.1 Å². The lowest BCUT2D eigenvalue weighted by atomic mass is 9.88. The number of rotatable bonds is 3. The summed E-state index contributed by atoms with van der Waals surface area (Å²) in [6, 6.07) is 5.47. The van der Waals surface area contributed by atoms with E-state index in [1.54, 1.807) is 18.7 Å². The molecule has 3 N–H and O–H groups in total. The van der Waals surface area contributed by atoms with E-state index < -0.39 is 10.0 Å². The lowest BCUT2D eigenvalue weighted by molar-refractivity contribution is 0.507. The van der Waals surface area contributed by atoms with Crippen LogP contribution in [0.3, 0.4) is 0 Å². The van der Waals surface area contributed by atoms with E-state index in [1.165, 1.54) is 6.20 Å². The maximum atomic E-state index is 12.6. The van der Waals surface area contributed by atoms with Crippen LogP contribution in [0, 0.1) is 6.92 Å². The summed E-state index contributed by atoms with van der Waals surface area (Å²) in [5.74, 6) is 0. The lowest BCUT2D eigenvalue weighted by Gasteiger charge is -2.26. The molecular weight excluding hydrogens is 336 g/mol. The molecule has 1 aliphatic rings. The smallest absolute Gasteiger partial charge is 0.244 e. The predicted molar refractivity (Wildman–Crippen MR) is 92.0 cm³/mol. The summed E-state index contributed by atoms with van der Waals surface area (Å²) in [5.41, 5.74) is 9.30. The first-order valence-corrected chi connectivity index (χ1v) is 8.76. The van der Waals surface area contributed by atoms with Gasteiger partial charge in [0, 0.05) is 18.8 Å². The van der Waals surface area contributed by atoms with Crippen LogP contribution in [0.15, 0.2) is 29.3 Å². The molecule has 0 amide bonds. The Balaban J connectivity index is 0.00000192. The van der Waals surface area contributed by atoms with Crippen LogP contribution in [0.5, 0.6) is 0 Å². The monoisotopic (exact) mass is 356 g/mol. The van der Waals surface area contributed by atoms with E-state index in [2.05, 4.69) is 9.82 Å². The molecule has 0 bridgehead atoms. The minimum Gasteiger partial charge on any atom is -0.399 e. The van der Waals surface area contributed by atoms with E-state index in [0.717, 1.165) is 30.4 Å². The van der Waals surface area contributed by atoms with E-state index in [4.69, 9.17) is 5.73 Å². The van der Waals surface area contributed by atoms with Crippen molar-refractivity contribution in [1.82, 2.24) is 14.5 Å². The molecule has 1 heterocycles. The Morgan fingerprint density at radius 3 is 2.78 bits per heavy atom. The highest BCUT2D eigenvalue weighted by atomic mass is 35.5. The quantitative estimate of drug-likeness (QED) is 0.824. The molecule has 3 rings (SSSR count). The number of sulfonamides is 1. The number of halogens is 1. The molecular formula is C15H21ClN4O2S. The van der Waals surface area contributed by atoms with Crippen molar-refractivity contribution in [1.29, 1.82) is 0 Å². The number of nitrogens with one attached hydrogen (secondary N) is 1. The fourth-order valence-electron chi connectivity index (χ4n) is 2.95. The minimum absolute atomic E-state index is 0. The maximum Gasteiger partial charge on any atom is 0.244 e. The molecule has 2 aromatic rings. The number of nitrogens with two attached hydrogens (primary N) is 1. The summed E-state index contributed by atoms with van der Waals surface area (Å²) in [4.78, 5) is 0.234. The normalized spacial score (nSPS) is 17.4. The first-order valence-electron chi connectivity index (χ1n) is 7.28. The number of anilines is 1. The first kappa shape index (κ1) is 17.8. The van der Waals surface area contributed by atoms with Crippen LogP contribution in [0.1, 0.15) is 35.7 Å². The van der Waals surface area contributed by atoms with Crippen molar-refractivity contribution in [2.45, 2.75) is 37.1 Å². The van der Waals surface area contributed by atoms with Gasteiger partial charge in [-0.2, -0.15) is 5.10 Å². The van der Waals surface area contributed by atoms with Crippen LogP contribution >= 0.6 is 12.4 Å². The summed E-state index contributed by atoms with van der Waals surface area (Å²) in [6.07, 6.45) is 4.06. The Morgan fingerprint density at radius 1 is 1.39 bits per heavy atom. The number of aryl methyl sites for hydroxylation is 2.